The maximum Gasteiger partial charge on any atom is 0.129 e. The minimum atomic E-state index is 0.285. The van der Waals surface area contributed by atoms with E-state index in [1.807, 2.05) is 6.07 Å². The van der Waals surface area contributed by atoms with Gasteiger partial charge < -0.3 is 5.11 Å². The average Bonchev–Trinajstić information content (AvgIpc) is 2.96. The summed E-state index contributed by atoms with van der Waals surface area (Å²) in [5.74, 6) is 3.74. The minimum absolute atomic E-state index is 0.285. The molecule has 3 unspecified atom stereocenters. The van der Waals surface area contributed by atoms with Crippen LogP contribution in [0.2, 0.25) is 0 Å². The Labute approximate surface area is 119 Å². The highest BCUT2D eigenvalue weighted by atomic mass is 79.9. The van der Waals surface area contributed by atoms with Crippen LogP contribution in [0.4, 0.5) is 0 Å². The maximum absolute atomic E-state index is 8.87. The van der Waals surface area contributed by atoms with E-state index in [0.717, 1.165) is 22.2 Å². The Balaban J connectivity index is 0.000000138. The van der Waals surface area contributed by atoms with Crippen molar-refractivity contribution in [2.45, 2.75) is 45.4 Å². The van der Waals surface area contributed by atoms with Gasteiger partial charge in [0, 0.05) is 0 Å². The fraction of sp³-hybridized carbons (Fsp3) is 0.625. The van der Waals surface area contributed by atoms with Crippen molar-refractivity contribution in [1.82, 2.24) is 0 Å². The van der Waals surface area contributed by atoms with Crippen molar-refractivity contribution in [2.24, 2.45) is 17.8 Å². The molecular weight excluding hydrogens is 288 g/mol. The van der Waals surface area contributed by atoms with E-state index in [1.54, 1.807) is 43.9 Å². The van der Waals surface area contributed by atoms with Gasteiger partial charge in [0.25, 0.3) is 0 Å². The average molecular weight is 311 g/mol. The van der Waals surface area contributed by atoms with Gasteiger partial charge >= 0.3 is 0 Å². The van der Waals surface area contributed by atoms with Gasteiger partial charge in [-0.25, -0.2) is 0 Å². The van der Waals surface area contributed by atoms with Gasteiger partial charge in [0.1, 0.15) is 5.75 Å². The molecule has 2 aliphatic carbocycles. The van der Waals surface area contributed by atoms with E-state index in [2.05, 4.69) is 22.9 Å². The first-order valence-electron chi connectivity index (χ1n) is 7.14. The third-order valence-electron chi connectivity index (χ3n) is 4.40. The van der Waals surface area contributed by atoms with Crippen LogP contribution < -0.4 is 0 Å². The molecule has 1 N–H and O–H groups in total. The third-order valence-corrected chi connectivity index (χ3v) is 5.07. The quantitative estimate of drug-likeness (QED) is 0.777. The molecule has 2 fully saturated rings. The topological polar surface area (TPSA) is 20.2 Å². The van der Waals surface area contributed by atoms with Gasteiger partial charge in [0.05, 0.1) is 4.47 Å². The van der Waals surface area contributed by atoms with Gasteiger partial charge in [-0.3, -0.25) is 0 Å². The summed E-state index contributed by atoms with van der Waals surface area (Å²) in [4.78, 5) is 0. The first kappa shape index (κ1) is 13.9. The van der Waals surface area contributed by atoms with Gasteiger partial charge in [-0.2, -0.15) is 0 Å². The highest BCUT2D eigenvalue weighted by Gasteiger charge is 2.38. The summed E-state index contributed by atoms with van der Waals surface area (Å²) in [7, 11) is 0. The van der Waals surface area contributed by atoms with E-state index in [-0.39, 0.29) is 5.75 Å². The second kappa shape index (κ2) is 6.60. The molecule has 0 aromatic heterocycles. The molecule has 2 aliphatic rings. The summed E-state index contributed by atoms with van der Waals surface area (Å²) in [5, 5.41) is 8.87. The molecule has 0 saturated heterocycles. The molecule has 0 spiro atoms. The van der Waals surface area contributed by atoms with Crippen molar-refractivity contribution >= 4 is 15.9 Å². The van der Waals surface area contributed by atoms with Crippen LogP contribution in [0.3, 0.4) is 0 Å². The SMILES string of the molecule is CCCC1CC2CCC1C2.Oc1ccccc1Br. The number of hydrogen-bond donors (Lipinski definition) is 1. The summed E-state index contributed by atoms with van der Waals surface area (Å²) in [5.41, 5.74) is 0. The molecule has 3 atom stereocenters. The first-order valence-corrected chi connectivity index (χ1v) is 7.93. The second-order valence-corrected chi connectivity index (χ2v) is 6.53. The lowest BCUT2D eigenvalue weighted by Crippen LogP contribution is -2.09. The molecule has 1 aromatic carbocycles. The van der Waals surface area contributed by atoms with E-state index in [9.17, 15) is 0 Å². The standard InChI is InChI=1S/C10H18.C6H5BrO/c1-2-3-9-6-8-4-5-10(9)7-8;7-5-3-1-2-4-6(5)8/h8-10H,2-7H2,1H3;1-4,8H. The third kappa shape index (κ3) is 3.50. The van der Waals surface area contributed by atoms with Crippen LogP contribution >= 0.6 is 15.9 Å². The van der Waals surface area contributed by atoms with Crippen molar-refractivity contribution in [3.05, 3.63) is 28.7 Å². The number of aromatic hydroxyl groups is 1. The molecule has 18 heavy (non-hydrogen) atoms. The second-order valence-electron chi connectivity index (χ2n) is 5.68. The van der Waals surface area contributed by atoms with Crippen molar-refractivity contribution in [2.75, 3.05) is 0 Å². The van der Waals surface area contributed by atoms with E-state index in [0.29, 0.717) is 0 Å². The fourth-order valence-corrected chi connectivity index (χ4v) is 3.84. The molecule has 1 nitrogen and oxygen atoms in total. The summed E-state index contributed by atoms with van der Waals surface area (Å²) >= 11 is 3.15. The van der Waals surface area contributed by atoms with Crippen molar-refractivity contribution in [1.29, 1.82) is 0 Å². The van der Waals surface area contributed by atoms with Crippen molar-refractivity contribution < 1.29 is 5.11 Å². The number of benzene rings is 1. The molecule has 3 rings (SSSR count). The number of para-hydroxylation sites is 1. The number of rotatable bonds is 2. The lowest BCUT2D eigenvalue weighted by atomic mass is 9.86. The molecule has 100 valence electrons. The van der Waals surface area contributed by atoms with Crippen LogP contribution in [0, 0.1) is 17.8 Å². The van der Waals surface area contributed by atoms with E-state index in [4.69, 9.17) is 5.11 Å². The smallest absolute Gasteiger partial charge is 0.129 e. The van der Waals surface area contributed by atoms with Gasteiger partial charge in [-0.1, -0.05) is 38.3 Å². The number of hydrogen-bond acceptors (Lipinski definition) is 1. The molecule has 0 heterocycles. The van der Waals surface area contributed by atoms with Crippen LogP contribution in [0.25, 0.3) is 0 Å². The van der Waals surface area contributed by atoms with Crippen LogP contribution in [0.1, 0.15) is 45.4 Å². The van der Waals surface area contributed by atoms with Gasteiger partial charge in [0.15, 0.2) is 0 Å². The number of halogens is 1. The monoisotopic (exact) mass is 310 g/mol. The zero-order valence-electron chi connectivity index (χ0n) is 11.1. The van der Waals surface area contributed by atoms with Crippen LogP contribution in [0.5, 0.6) is 5.75 Å². The summed E-state index contributed by atoms with van der Waals surface area (Å²) in [6.07, 6.45) is 9.22. The molecule has 2 heteroatoms. The van der Waals surface area contributed by atoms with E-state index < -0.39 is 0 Å². The molecular formula is C16H23BrO. The lowest BCUT2D eigenvalue weighted by Gasteiger charge is -2.20. The molecule has 1 aromatic rings. The highest BCUT2D eigenvalue weighted by Crippen LogP contribution is 2.49. The molecule has 2 saturated carbocycles. The van der Waals surface area contributed by atoms with Crippen LogP contribution in [0.15, 0.2) is 28.7 Å². The number of phenolic OH excluding ortho intramolecular Hbond substituents is 1. The lowest BCUT2D eigenvalue weighted by molar-refractivity contribution is 0.312. The predicted molar refractivity (Wildman–Crippen MR) is 79.7 cm³/mol. The van der Waals surface area contributed by atoms with Crippen LogP contribution in [-0.4, -0.2) is 5.11 Å². The Morgan fingerprint density at radius 3 is 2.44 bits per heavy atom. The van der Waals surface area contributed by atoms with E-state index >= 15 is 0 Å². The summed E-state index contributed by atoms with van der Waals surface area (Å²) in [6.45, 7) is 2.33. The Morgan fingerprint density at radius 2 is 2.00 bits per heavy atom. The number of phenols is 1. The Morgan fingerprint density at radius 1 is 1.22 bits per heavy atom. The maximum atomic E-state index is 8.87. The van der Waals surface area contributed by atoms with E-state index in [1.165, 1.54) is 12.8 Å². The molecule has 0 radical (unpaired) electrons. The highest BCUT2D eigenvalue weighted by molar-refractivity contribution is 9.10. The summed E-state index contributed by atoms with van der Waals surface area (Å²) < 4.78 is 0.736. The Kier molecular flexibility index (Phi) is 5.11. The van der Waals surface area contributed by atoms with Crippen LogP contribution in [-0.2, 0) is 0 Å². The van der Waals surface area contributed by atoms with Crippen molar-refractivity contribution in [3.8, 4) is 5.75 Å². The zero-order valence-corrected chi connectivity index (χ0v) is 12.7. The molecule has 2 bridgehead atoms. The van der Waals surface area contributed by atoms with Gasteiger partial charge in [-0.05, 0) is 65.1 Å². The van der Waals surface area contributed by atoms with Crippen molar-refractivity contribution in [3.63, 3.8) is 0 Å². The van der Waals surface area contributed by atoms with Gasteiger partial charge in [-0.15, -0.1) is 0 Å². The molecule has 0 amide bonds. The predicted octanol–water partition coefficient (Wildman–Crippen LogP) is 5.38. The van der Waals surface area contributed by atoms with Gasteiger partial charge in [0.2, 0.25) is 0 Å². The Bertz CT molecular complexity index is 356. The largest absolute Gasteiger partial charge is 0.507 e. The Hall–Kier alpha value is -0.500. The first-order chi connectivity index (χ1) is 8.70. The normalized spacial score (nSPS) is 28.9. The minimum Gasteiger partial charge on any atom is -0.507 e. The number of fused-ring (bicyclic) bond motifs is 2. The summed E-state index contributed by atoms with van der Waals surface area (Å²) in [6, 6.07) is 7.04. The zero-order chi connectivity index (χ0) is 13.0. The molecule has 0 aliphatic heterocycles. The fourth-order valence-electron chi connectivity index (χ4n) is 3.55.